The standard InChI is InChI=1S/C18H22O3/c1-18(16(20)10-11-17(18)21)13-12-15(19)9-5-8-14-6-3-2-4-7-14/h2-4,6-7H,5,8-13H2,1H3. The molecule has 2 rings (SSSR count). The Morgan fingerprint density at radius 1 is 1.05 bits per heavy atom. The van der Waals surface area contributed by atoms with Gasteiger partial charge in [-0.1, -0.05) is 30.3 Å². The summed E-state index contributed by atoms with van der Waals surface area (Å²) in [4.78, 5) is 35.5. The smallest absolute Gasteiger partial charge is 0.146 e. The summed E-state index contributed by atoms with van der Waals surface area (Å²) < 4.78 is 0. The Kier molecular flexibility index (Phi) is 5.05. The van der Waals surface area contributed by atoms with E-state index in [9.17, 15) is 14.4 Å². The molecular weight excluding hydrogens is 264 g/mol. The average molecular weight is 286 g/mol. The molecule has 0 bridgehead atoms. The molecule has 3 nitrogen and oxygen atoms in total. The highest BCUT2D eigenvalue weighted by molar-refractivity contribution is 6.12. The van der Waals surface area contributed by atoms with E-state index in [0.29, 0.717) is 32.1 Å². The number of carbonyl (C=O) groups excluding carboxylic acids is 3. The number of ketones is 3. The normalized spacial score (nSPS) is 17.2. The van der Waals surface area contributed by atoms with Crippen LogP contribution in [0, 0.1) is 5.41 Å². The van der Waals surface area contributed by atoms with Crippen LogP contribution in [-0.4, -0.2) is 17.3 Å². The van der Waals surface area contributed by atoms with Gasteiger partial charge in [-0.15, -0.1) is 0 Å². The molecular formula is C18H22O3. The molecule has 0 aliphatic heterocycles. The van der Waals surface area contributed by atoms with Gasteiger partial charge in [-0.25, -0.2) is 0 Å². The van der Waals surface area contributed by atoms with Crippen molar-refractivity contribution >= 4 is 17.3 Å². The number of hydrogen-bond acceptors (Lipinski definition) is 3. The molecule has 0 aromatic heterocycles. The van der Waals surface area contributed by atoms with Crippen LogP contribution in [0.2, 0.25) is 0 Å². The molecule has 1 fully saturated rings. The van der Waals surface area contributed by atoms with Crippen molar-refractivity contribution in [1.29, 1.82) is 0 Å². The number of carbonyl (C=O) groups is 3. The molecule has 1 aromatic carbocycles. The highest BCUT2D eigenvalue weighted by Gasteiger charge is 2.44. The maximum absolute atomic E-state index is 11.9. The van der Waals surface area contributed by atoms with Crippen molar-refractivity contribution in [3.05, 3.63) is 35.9 Å². The Bertz CT molecular complexity index is 515. The van der Waals surface area contributed by atoms with E-state index in [4.69, 9.17) is 0 Å². The first-order valence-corrected chi connectivity index (χ1v) is 7.64. The average Bonchev–Trinajstić information content (AvgIpc) is 2.74. The molecule has 0 atom stereocenters. The van der Waals surface area contributed by atoms with E-state index in [2.05, 4.69) is 12.1 Å². The van der Waals surface area contributed by atoms with Crippen LogP contribution in [0.1, 0.15) is 51.0 Å². The lowest BCUT2D eigenvalue weighted by molar-refractivity contribution is -0.134. The van der Waals surface area contributed by atoms with E-state index in [0.717, 1.165) is 12.8 Å². The number of benzene rings is 1. The van der Waals surface area contributed by atoms with Crippen molar-refractivity contribution in [3.8, 4) is 0 Å². The minimum Gasteiger partial charge on any atom is -0.300 e. The Morgan fingerprint density at radius 2 is 1.67 bits per heavy atom. The maximum Gasteiger partial charge on any atom is 0.146 e. The molecule has 0 radical (unpaired) electrons. The van der Waals surface area contributed by atoms with E-state index in [1.54, 1.807) is 6.92 Å². The molecule has 1 saturated carbocycles. The molecule has 0 unspecified atom stereocenters. The summed E-state index contributed by atoms with van der Waals surface area (Å²) in [7, 11) is 0. The van der Waals surface area contributed by atoms with Crippen molar-refractivity contribution in [2.24, 2.45) is 5.41 Å². The molecule has 0 spiro atoms. The SMILES string of the molecule is CC1(CCC(=O)CCCc2ccccc2)C(=O)CCC1=O. The molecule has 112 valence electrons. The summed E-state index contributed by atoms with van der Waals surface area (Å²) in [5.41, 5.74) is 0.341. The predicted molar refractivity (Wildman–Crippen MR) is 81.0 cm³/mol. The maximum atomic E-state index is 11.9. The zero-order chi connectivity index (χ0) is 15.3. The molecule has 1 aliphatic rings. The first-order valence-electron chi connectivity index (χ1n) is 7.64. The summed E-state index contributed by atoms with van der Waals surface area (Å²) in [5.74, 6) is 0.161. The van der Waals surface area contributed by atoms with E-state index in [-0.39, 0.29) is 17.3 Å². The van der Waals surface area contributed by atoms with E-state index in [1.165, 1.54) is 5.56 Å². The summed E-state index contributed by atoms with van der Waals surface area (Å²) in [6.45, 7) is 1.70. The summed E-state index contributed by atoms with van der Waals surface area (Å²) in [5, 5.41) is 0. The van der Waals surface area contributed by atoms with Gasteiger partial charge in [-0.05, 0) is 31.7 Å². The molecule has 21 heavy (non-hydrogen) atoms. The fourth-order valence-electron chi connectivity index (χ4n) is 2.86. The van der Waals surface area contributed by atoms with Gasteiger partial charge in [0.1, 0.15) is 17.3 Å². The number of Topliss-reactive ketones (excluding diaryl/α,β-unsaturated/α-hetero) is 3. The van der Waals surface area contributed by atoms with Crippen molar-refractivity contribution in [2.45, 2.75) is 51.9 Å². The summed E-state index contributed by atoms with van der Waals surface area (Å²) in [6, 6.07) is 10.1. The fourth-order valence-corrected chi connectivity index (χ4v) is 2.86. The zero-order valence-electron chi connectivity index (χ0n) is 12.6. The zero-order valence-corrected chi connectivity index (χ0v) is 12.6. The predicted octanol–water partition coefficient (Wildman–Crippen LogP) is 3.30. The second kappa shape index (κ2) is 6.79. The Balaban J connectivity index is 1.73. The fraction of sp³-hybridized carbons (Fsp3) is 0.500. The van der Waals surface area contributed by atoms with Crippen LogP contribution in [0.15, 0.2) is 30.3 Å². The molecule has 1 aromatic rings. The van der Waals surface area contributed by atoms with Gasteiger partial charge < -0.3 is 0 Å². The van der Waals surface area contributed by atoms with Crippen molar-refractivity contribution in [1.82, 2.24) is 0 Å². The Morgan fingerprint density at radius 3 is 2.29 bits per heavy atom. The number of hydrogen-bond donors (Lipinski definition) is 0. The van der Waals surface area contributed by atoms with Crippen molar-refractivity contribution in [2.75, 3.05) is 0 Å². The molecule has 0 amide bonds. The largest absolute Gasteiger partial charge is 0.300 e. The van der Waals surface area contributed by atoms with E-state index < -0.39 is 5.41 Å². The summed E-state index contributed by atoms with van der Waals surface area (Å²) in [6.07, 6.45) is 3.64. The van der Waals surface area contributed by atoms with Crippen LogP contribution in [-0.2, 0) is 20.8 Å². The minimum absolute atomic E-state index is 0.00425. The van der Waals surface area contributed by atoms with E-state index in [1.807, 2.05) is 18.2 Å². The molecule has 3 heteroatoms. The van der Waals surface area contributed by atoms with Crippen LogP contribution in [0.5, 0.6) is 0 Å². The highest BCUT2D eigenvalue weighted by Crippen LogP contribution is 2.35. The molecule has 0 N–H and O–H groups in total. The van der Waals surface area contributed by atoms with Crippen LogP contribution in [0.3, 0.4) is 0 Å². The van der Waals surface area contributed by atoms with Gasteiger partial charge in [-0.3, -0.25) is 14.4 Å². The third-order valence-corrected chi connectivity index (χ3v) is 4.48. The third-order valence-electron chi connectivity index (χ3n) is 4.48. The van der Waals surface area contributed by atoms with Gasteiger partial charge >= 0.3 is 0 Å². The van der Waals surface area contributed by atoms with Crippen LogP contribution < -0.4 is 0 Å². The van der Waals surface area contributed by atoms with Gasteiger partial charge in [0.25, 0.3) is 0 Å². The van der Waals surface area contributed by atoms with Gasteiger partial charge in [0, 0.05) is 25.7 Å². The first-order chi connectivity index (χ1) is 10.0. The topological polar surface area (TPSA) is 51.2 Å². The van der Waals surface area contributed by atoms with Gasteiger partial charge in [0.2, 0.25) is 0 Å². The van der Waals surface area contributed by atoms with Crippen LogP contribution in [0.4, 0.5) is 0 Å². The third kappa shape index (κ3) is 3.87. The van der Waals surface area contributed by atoms with E-state index >= 15 is 0 Å². The van der Waals surface area contributed by atoms with Crippen LogP contribution >= 0.6 is 0 Å². The van der Waals surface area contributed by atoms with Gasteiger partial charge in [0.05, 0.1) is 5.41 Å². The highest BCUT2D eigenvalue weighted by atomic mass is 16.2. The lowest BCUT2D eigenvalue weighted by Gasteiger charge is -2.19. The molecule has 0 heterocycles. The Labute approximate surface area is 125 Å². The monoisotopic (exact) mass is 286 g/mol. The number of aryl methyl sites for hydroxylation is 1. The van der Waals surface area contributed by atoms with Crippen molar-refractivity contribution < 1.29 is 14.4 Å². The minimum atomic E-state index is -0.894. The van der Waals surface area contributed by atoms with Crippen molar-refractivity contribution in [3.63, 3.8) is 0 Å². The molecule has 0 saturated heterocycles. The lowest BCUT2D eigenvalue weighted by atomic mass is 9.81. The quantitative estimate of drug-likeness (QED) is 0.723. The second-order valence-corrected chi connectivity index (χ2v) is 6.06. The van der Waals surface area contributed by atoms with Gasteiger partial charge in [-0.2, -0.15) is 0 Å². The first kappa shape index (κ1) is 15.6. The summed E-state index contributed by atoms with van der Waals surface area (Å²) >= 11 is 0. The number of rotatable bonds is 7. The van der Waals surface area contributed by atoms with Crippen LogP contribution in [0.25, 0.3) is 0 Å². The lowest BCUT2D eigenvalue weighted by Crippen LogP contribution is -2.29. The molecule has 1 aliphatic carbocycles. The van der Waals surface area contributed by atoms with Gasteiger partial charge in [0.15, 0.2) is 0 Å². The Hall–Kier alpha value is -1.77. The second-order valence-electron chi connectivity index (χ2n) is 6.06.